The molecule has 1 rings (SSSR count). The summed E-state index contributed by atoms with van der Waals surface area (Å²) in [6.45, 7) is -0.907. The van der Waals surface area contributed by atoms with Crippen LogP contribution in [0.15, 0.2) is 18.2 Å². The summed E-state index contributed by atoms with van der Waals surface area (Å²) < 4.78 is 29.3. The van der Waals surface area contributed by atoms with Crippen LogP contribution in [0.2, 0.25) is 0 Å². The van der Waals surface area contributed by atoms with E-state index >= 15 is 0 Å². The van der Waals surface area contributed by atoms with Crippen LogP contribution in [-0.4, -0.2) is 47.8 Å². The summed E-state index contributed by atoms with van der Waals surface area (Å²) in [5.41, 5.74) is -1.24. The quantitative estimate of drug-likeness (QED) is 0.0903. The predicted octanol–water partition coefficient (Wildman–Crippen LogP) is -8.23. The maximum Gasteiger partial charge on any atom is 2.00 e. The van der Waals surface area contributed by atoms with Crippen molar-refractivity contribution in [3.8, 4) is 0 Å². The Bertz CT molecular complexity index is 752. The molecule has 0 radical (unpaired) electrons. The van der Waals surface area contributed by atoms with Crippen molar-refractivity contribution in [3.63, 3.8) is 0 Å². The number of non-ortho nitro benzene ring substituents is 1. The van der Waals surface area contributed by atoms with Gasteiger partial charge in [0, 0.05) is 12.6 Å². The molecular formula is C8H11BeF3N3O11P2-. The first kappa shape index (κ1) is 33.6. The number of halogens is 3. The number of anilines is 1. The monoisotopic (exact) mass is 453 g/mol. The number of benzene rings is 1. The number of nitro benzene ring substituents is 2. The molecule has 20 heteroatoms. The van der Waals surface area contributed by atoms with Gasteiger partial charge in [-0.3, -0.25) is 24.8 Å². The second-order valence-corrected chi connectivity index (χ2v) is 6.85. The minimum atomic E-state index is -5.24. The Balaban J connectivity index is -0.000000720. The zero-order valence-electron chi connectivity index (χ0n) is 13.4. The van der Waals surface area contributed by atoms with Gasteiger partial charge in [-0.15, -0.1) is 0 Å². The minimum Gasteiger partial charge on any atom is -1.00 e. The SMILES string of the molecule is O=[N+]([O-])c1ccc(NCCOP(=O)(O)OP(=O)(O)O)c([N+](=O)[O-])c1.[Be+2].[F-].[F-].[F-]. The van der Waals surface area contributed by atoms with E-state index in [0.717, 1.165) is 18.2 Å². The van der Waals surface area contributed by atoms with Crippen LogP contribution in [0.4, 0.5) is 17.1 Å². The fourth-order valence-corrected chi connectivity index (χ4v) is 3.02. The maximum atomic E-state index is 11.1. The third-order valence-corrected chi connectivity index (χ3v) is 4.46. The van der Waals surface area contributed by atoms with Crippen molar-refractivity contribution in [2.24, 2.45) is 0 Å². The first-order valence-corrected chi connectivity index (χ1v) is 8.85. The van der Waals surface area contributed by atoms with Crippen LogP contribution in [0.1, 0.15) is 0 Å². The van der Waals surface area contributed by atoms with E-state index < -0.39 is 43.5 Å². The second kappa shape index (κ2) is 13.3. The molecule has 158 valence electrons. The van der Waals surface area contributed by atoms with Crippen molar-refractivity contribution in [1.82, 2.24) is 0 Å². The van der Waals surface area contributed by atoms with Crippen LogP contribution in [-0.2, 0) is 18.0 Å². The van der Waals surface area contributed by atoms with E-state index in [1.807, 2.05) is 0 Å². The molecule has 14 nitrogen and oxygen atoms in total. The van der Waals surface area contributed by atoms with E-state index in [0.29, 0.717) is 0 Å². The van der Waals surface area contributed by atoms with E-state index in [1.54, 1.807) is 0 Å². The Kier molecular flexibility index (Phi) is 15.9. The molecule has 1 aromatic carbocycles. The van der Waals surface area contributed by atoms with Crippen LogP contribution in [0, 0.1) is 20.2 Å². The third kappa shape index (κ3) is 11.7. The summed E-state index contributed by atoms with van der Waals surface area (Å²) in [4.78, 5) is 45.5. The van der Waals surface area contributed by atoms with Crippen LogP contribution < -0.4 is 19.4 Å². The summed E-state index contributed by atoms with van der Waals surface area (Å²) in [5.74, 6) is 0. The van der Waals surface area contributed by atoms with Crippen LogP contribution in [0.5, 0.6) is 0 Å². The number of phosphoric acid groups is 2. The minimum absolute atomic E-state index is 0. The van der Waals surface area contributed by atoms with Gasteiger partial charge >= 0.3 is 25.8 Å². The Labute approximate surface area is 157 Å². The largest absolute Gasteiger partial charge is 2.00 e. The fourth-order valence-electron chi connectivity index (χ4n) is 1.44. The van der Waals surface area contributed by atoms with Crippen molar-refractivity contribution in [1.29, 1.82) is 0 Å². The fraction of sp³-hybridized carbons (Fsp3) is 0.250. The van der Waals surface area contributed by atoms with Crippen molar-refractivity contribution < 1.29 is 56.6 Å². The normalized spacial score (nSPS) is 12.0. The molecule has 0 bridgehead atoms. The molecule has 4 N–H and O–H groups in total. The van der Waals surface area contributed by atoms with Gasteiger partial charge < -0.3 is 34.1 Å². The van der Waals surface area contributed by atoms with E-state index in [4.69, 9.17) is 14.7 Å². The van der Waals surface area contributed by atoms with Crippen molar-refractivity contribution in [3.05, 3.63) is 38.4 Å². The van der Waals surface area contributed by atoms with Gasteiger partial charge in [0.25, 0.3) is 11.4 Å². The van der Waals surface area contributed by atoms with Gasteiger partial charge in [0.2, 0.25) is 0 Å². The van der Waals surface area contributed by atoms with Crippen molar-refractivity contribution >= 4 is 42.8 Å². The van der Waals surface area contributed by atoms with E-state index in [9.17, 15) is 29.4 Å². The molecule has 0 heterocycles. The molecule has 0 spiro atoms. The molecule has 0 amide bonds. The number of hydrogen-bond donors (Lipinski definition) is 4. The van der Waals surface area contributed by atoms with Crippen LogP contribution >= 0.6 is 15.6 Å². The molecule has 28 heavy (non-hydrogen) atoms. The number of nitrogens with zero attached hydrogens (tertiary/aromatic N) is 2. The number of rotatable bonds is 9. The Hall–Kier alpha value is -1.96. The van der Waals surface area contributed by atoms with Gasteiger partial charge in [-0.05, 0) is 6.07 Å². The average molecular weight is 453 g/mol. The molecule has 0 saturated carbocycles. The molecule has 0 fully saturated rings. The standard InChI is InChI=1S/C8H11N3O11P2.Be.3FH/c12-10(13)6-1-2-7(8(5-6)11(14)15)9-3-4-21-24(19,20)22-23(16,17)18;;;;/h1-2,5,9H,3-4H2,(H,19,20)(H2,16,17,18);;3*1H/q;+2;;;/p-3. The molecule has 0 aliphatic rings. The maximum absolute atomic E-state index is 11.1. The van der Waals surface area contributed by atoms with Gasteiger partial charge in [0.1, 0.15) is 5.69 Å². The second-order valence-electron chi connectivity index (χ2n) is 4.02. The molecule has 1 unspecified atom stereocenters. The molecule has 1 atom stereocenters. The van der Waals surface area contributed by atoms with E-state index in [1.165, 1.54) is 0 Å². The summed E-state index contributed by atoms with van der Waals surface area (Å²) in [6.07, 6.45) is 0. The number of nitrogens with one attached hydrogen (secondary N) is 1. The molecule has 0 aliphatic carbocycles. The van der Waals surface area contributed by atoms with Crippen molar-refractivity contribution in [2.75, 3.05) is 18.5 Å². The number of hydrogen-bond acceptors (Lipinski definition) is 9. The average Bonchev–Trinajstić information content (AvgIpc) is 2.40. The summed E-state index contributed by atoms with van der Waals surface area (Å²) >= 11 is 0. The smallest absolute Gasteiger partial charge is 1.00 e. The first-order chi connectivity index (χ1) is 10.9. The van der Waals surface area contributed by atoms with Gasteiger partial charge in [-0.2, -0.15) is 4.31 Å². The summed E-state index contributed by atoms with van der Waals surface area (Å²) in [5, 5.41) is 23.9. The number of phosphoric ester groups is 1. The molecule has 0 saturated heterocycles. The predicted molar refractivity (Wildman–Crippen MR) is 82.9 cm³/mol. The Morgan fingerprint density at radius 2 is 1.57 bits per heavy atom. The summed E-state index contributed by atoms with van der Waals surface area (Å²) in [7, 11) is -10.3. The zero-order chi connectivity index (χ0) is 18.5. The van der Waals surface area contributed by atoms with Crippen molar-refractivity contribution in [2.45, 2.75) is 0 Å². The molecule has 0 aromatic heterocycles. The number of nitro groups is 2. The van der Waals surface area contributed by atoms with Crippen LogP contribution in [0.3, 0.4) is 0 Å². The summed E-state index contributed by atoms with van der Waals surface area (Å²) in [6, 6.07) is 2.78. The zero-order valence-corrected chi connectivity index (χ0v) is 15.2. The first-order valence-electron chi connectivity index (χ1n) is 5.82. The van der Waals surface area contributed by atoms with Gasteiger partial charge in [-0.1, -0.05) is 0 Å². The third-order valence-electron chi connectivity index (χ3n) is 2.27. The Morgan fingerprint density at radius 3 is 2.00 bits per heavy atom. The van der Waals surface area contributed by atoms with E-state index in [2.05, 4.69) is 14.2 Å². The van der Waals surface area contributed by atoms with Gasteiger partial charge in [0.05, 0.1) is 22.5 Å². The van der Waals surface area contributed by atoms with E-state index in [-0.39, 0.29) is 36.5 Å². The van der Waals surface area contributed by atoms with Gasteiger partial charge in [0.15, 0.2) is 0 Å². The Morgan fingerprint density at radius 1 is 1.04 bits per heavy atom. The van der Waals surface area contributed by atoms with Crippen LogP contribution in [0.25, 0.3) is 0 Å². The van der Waals surface area contributed by atoms with Gasteiger partial charge in [-0.25, -0.2) is 9.13 Å². The molecule has 1 aromatic rings. The topological polar surface area (TPSA) is 212 Å². The molecular weight excluding hydrogens is 442 g/mol. The molecule has 0 aliphatic heterocycles.